The molecule has 1 aliphatic rings. The zero-order chi connectivity index (χ0) is 29.3. The molecule has 2 atom stereocenters. The summed E-state index contributed by atoms with van der Waals surface area (Å²) >= 11 is 3.53. The van der Waals surface area contributed by atoms with Crippen molar-refractivity contribution in [2.24, 2.45) is 11.7 Å². The van der Waals surface area contributed by atoms with E-state index in [0.717, 1.165) is 20.8 Å². The molecule has 0 aliphatic carbocycles. The van der Waals surface area contributed by atoms with Crippen LogP contribution in [0.15, 0.2) is 83.5 Å². The third-order valence-corrected chi connectivity index (χ3v) is 8.33. The zero-order valence-electron chi connectivity index (χ0n) is 22.9. The van der Waals surface area contributed by atoms with Crippen LogP contribution < -0.4 is 25.6 Å². The number of ether oxygens (including phenoxy) is 1. The van der Waals surface area contributed by atoms with E-state index in [9.17, 15) is 14.4 Å². The van der Waals surface area contributed by atoms with Crippen LogP contribution >= 0.6 is 15.9 Å². The van der Waals surface area contributed by atoms with Gasteiger partial charge in [0, 0.05) is 22.8 Å². The second kappa shape index (κ2) is 11.3. The van der Waals surface area contributed by atoms with Crippen molar-refractivity contribution in [2.45, 2.75) is 19.0 Å². The van der Waals surface area contributed by atoms with E-state index in [-0.39, 0.29) is 24.7 Å². The molecule has 0 spiro atoms. The van der Waals surface area contributed by atoms with Crippen molar-refractivity contribution in [1.29, 1.82) is 0 Å². The van der Waals surface area contributed by atoms with E-state index in [2.05, 4.69) is 26.2 Å². The molecule has 0 saturated carbocycles. The molecule has 3 N–H and O–H groups in total. The standard InChI is InChI=1S/C31H30BrN5O4/c1-31(34-2,30(33)40)23-18-37(29(39)24-8-6-7-15-35-24)26-10-5-4-9-25(26)36(28(23)38)17-22-21-13-12-20(32)16-19(21)11-14-27(22)41-3/h4-16,23,34H,17-18H2,1-3H3,(H2,33,40)/t23-,31?/m1/s1. The molecule has 0 bridgehead atoms. The van der Waals surface area contributed by atoms with Crippen LogP contribution in [0.4, 0.5) is 11.4 Å². The van der Waals surface area contributed by atoms with Gasteiger partial charge in [-0.3, -0.25) is 19.4 Å². The van der Waals surface area contributed by atoms with Gasteiger partial charge >= 0.3 is 0 Å². The summed E-state index contributed by atoms with van der Waals surface area (Å²) in [6, 6.07) is 22.0. The molecule has 0 saturated heterocycles. The number of pyridine rings is 1. The lowest BCUT2D eigenvalue weighted by atomic mass is 9.83. The molecule has 4 aromatic rings. The summed E-state index contributed by atoms with van der Waals surface area (Å²) in [7, 11) is 3.17. The van der Waals surface area contributed by atoms with E-state index >= 15 is 0 Å². The number of anilines is 2. The summed E-state index contributed by atoms with van der Waals surface area (Å²) in [5.41, 5.74) is 6.46. The fraction of sp³-hybridized carbons (Fsp3) is 0.226. The van der Waals surface area contributed by atoms with Crippen LogP contribution in [0.5, 0.6) is 5.75 Å². The van der Waals surface area contributed by atoms with Gasteiger partial charge in [0.15, 0.2) is 0 Å². The molecule has 10 heteroatoms. The maximum absolute atomic E-state index is 14.6. The number of hydrogen-bond acceptors (Lipinski definition) is 6. The van der Waals surface area contributed by atoms with E-state index in [1.54, 1.807) is 56.3 Å². The lowest BCUT2D eigenvalue weighted by molar-refractivity contribution is -0.133. The highest BCUT2D eigenvalue weighted by molar-refractivity contribution is 9.10. The van der Waals surface area contributed by atoms with E-state index in [0.29, 0.717) is 17.1 Å². The maximum Gasteiger partial charge on any atom is 0.276 e. The number of benzene rings is 3. The first-order valence-electron chi connectivity index (χ1n) is 13.1. The summed E-state index contributed by atoms with van der Waals surface area (Å²) in [6.45, 7) is 1.62. The number of nitrogens with zero attached hydrogens (tertiary/aromatic N) is 3. The van der Waals surface area contributed by atoms with Crippen molar-refractivity contribution < 1.29 is 19.1 Å². The lowest BCUT2D eigenvalue weighted by Gasteiger charge is -2.36. The van der Waals surface area contributed by atoms with Crippen LogP contribution in [0, 0.1) is 5.92 Å². The number of nitrogens with two attached hydrogens (primary N) is 1. The predicted molar refractivity (Wildman–Crippen MR) is 162 cm³/mol. The molecule has 3 amide bonds. The van der Waals surface area contributed by atoms with E-state index < -0.39 is 23.3 Å². The summed E-state index contributed by atoms with van der Waals surface area (Å²) in [4.78, 5) is 48.7. The average molecular weight is 617 g/mol. The maximum atomic E-state index is 14.6. The number of nitrogens with one attached hydrogen (secondary N) is 1. The molecule has 5 rings (SSSR count). The lowest BCUT2D eigenvalue weighted by Crippen LogP contribution is -2.63. The van der Waals surface area contributed by atoms with Crippen molar-refractivity contribution in [3.05, 3.63) is 94.7 Å². The number of para-hydroxylation sites is 2. The van der Waals surface area contributed by atoms with Gasteiger partial charge in [-0.1, -0.05) is 46.3 Å². The fourth-order valence-corrected chi connectivity index (χ4v) is 5.70. The van der Waals surface area contributed by atoms with Gasteiger partial charge in [0.2, 0.25) is 11.8 Å². The van der Waals surface area contributed by atoms with Gasteiger partial charge in [-0.15, -0.1) is 0 Å². The quantitative estimate of drug-likeness (QED) is 0.320. The Morgan fingerprint density at radius 3 is 2.49 bits per heavy atom. The molecule has 2 heterocycles. The van der Waals surface area contributed by atoms with Gasteiger partial charge in [0.25, 0.3) is 5.91 Å². The van der Waals surface area contributed by atoms with Crippen LogP contribution in [0.25, 0.3) is 10.8 Å². The summed E-state index contributed by atoms with van der Waals surface area (Å²) < 4.78 is 6.66. The van der Waals surface area contributed by atoms with Gasteiger partial charge in [-0.05, 0) is 67.2 Å². The number of carbonyl (C=O) groups excluding carboxylic acids is 3. The third kappa shape index (κ3) is 5.05. The predicted octanol–water partition coefficient (Wildman–Crippen LogP) is 4.28. The minimum absolute atomic E-state index is 0.0956. The molecule has 0 fully saturated rings. The highest BCUT2D eigenvalue weighted by atomic mass is 79.9. The first-order chi connectivity index (χ1) is 19.7. The largest absolute Gasteiger partial charge is 0.496 e. The number of fused-ring (bicyclic) bond motifs is 2. The summed E-state index contributed by atoms with van der Waals surface area (Å²) in [6.07, 6.45) is 1.54. The SMILES string of the molecule is CNC(C)(C(N)=O)[C@@H]1CN(C(=O)c2ccccn2)c2ccccc2N(Cc2c(OC)ccc3cc(Br)ccc23)C1=O. The van der Waals surface area contributed by atoms with Crippen molar-refractivity contribution in [3.63, 3.8) is 0 Å². The number of likely N-dealkylation sites (N-methyl/N-ethyl adjacent to an activating group) is 1. The molecule has 41 heavy (non-hydrogen) atoms. The number of methoxy groups -OCH3 is 1. The molecule has 1 aliphatic heterocycles. The Morgan fingerprint density at radius 1 is 1.10 bits per heavy atom. The Bertz CT molecular complexity index is 1650. The van der Waals surface area contributed by atoms with Crippen molar-refractivity contribution in [1.82, 2.24) is 10.3 Å². The number of carbonyl (C=O) groups is 3. The van der Waals surface area contributed by atoms with E-state index in [1.807, 2.05) is 42.5 Å². The number of aromatic nitrogens is 1. The van der Waals surface area contributed by atoms with Crippen LogP contribution in [0.1, 0.15) is 23.0 Å². The number of hydrogen-bond donors (Lipinski definition) is 2. The monoisotopic (exact) mass is 615 g/mol. The highest BCUT2D eigenvalue weighted by Gasteiger charge is 2.49. The zero-order valence-corrected chi connectivity index (χ0v) is 24.5. The first-order valence-corrected chi connectivity index (χ1v) is 13.9. The number of halogens is 1. The molecule has 1 unspecified atom stereocenters. The third-order valence-electron chi connectivity index (χ3n) is 7.84. The second-order valence-corrected chi connectivity index (χ2v) is 10.9. The van der Waals surface area contributed by atoms with Crippen molar-refractivity contribution in [3.8, 4) is 5.75 Å². The van der Waals surface area contributed by atoms with Crippen LogP contribution in [0.3, 0.4) is 0 Å². The number of amides is 3. The molecule has 210 valence electrons. The van der Waals surface area contributed by atoms with Gasteiger partial charge in [0.1, 0.15) is 17.0 Å². The molecule has 1 aromatic heterocycles. The van der Waals surface area contributed by atoms with Gasteiger partial charge in [-0.2, -0.15) is 0 Å². The Balaban J connectivity index is 1.73. The Hall–Kier alpha value is -4.28. The number of rotatable bonds is 7. The van der Waals surface area contributed by atoms with Gasteiger partial charge in [-0.25, -0.2) is 0 Å². The van der Waals surface area contributed by atoms with Gasteiger partial charge in [0.05, 0.1) is 30.9 Å². The Labute approximate surface area is 246 Å². The van der Waals surface area contributed by atoms with E-state index in [1.165, 1.54) is 11.1 Å². The van der Waals surface area contributed by atoms with Crippen LogP contribution in [-0.4, -0.2) is 48.9 Å². The number of primary amides is 1. The highest BCUT2D eigenvalue weighted by Crippen LogP contribution is 2.40. The van der Waals surface area contributed by atoms with E-state index in [4.69, 9.17) is 10.5 Å². The minimum atomic E-state index is -1.46. The smallest absolute Gasteiger partial charge is 0.276 e. The summed E-state index contributed by atoms with van der Waals surface area (Å²) in [5, 5.41) is 4.84. The topological polar surface area (TPSA) is 118 Å². The first kappa shape index (κ1) is 28.3. The fourth-order valence-electron chi connectivity index (χ4n) is 5.33. The second-order valence-electron chi connectivity index (χ2n) is 10.0. The molecule has 9 nitrogen and oxygen atoms in total. The van der Waals surface area contributed by atoms with Gasteiger partial charge < -0.3 is 25.6 Å². The molecular weight excluding hydrogens is 586 g/mol. The van der Waals surface area contributed by atoms with Crippen LogP contribution in [0.2, 0.25) is 0 Å². The summed E-state index contributed by atoms with van der Waals surface area (Å²) in [5.74, 6) is -1.88. The van der Waals surface area contributed by atoms with Crippen molar-refractivity contribution in [2.75, 3.05) is 30.5 Å². The van der Waals surface area contributed by atoms with Crippen LogP contribution in [-0.2, 0) is 16.1 Å². The molecule has 0 radical (unpaired) electrons. The van der Waals surface area contributed by atoms with Crippen molar-refractivity contribution >= 4 is 55.8 Å². The average Bonchev–Trinajstić information content (AvgIpc) is 3.11. The molecular formula is C31H30BrN5O4. The Morgan fingerprint density at radius 2 is 1.83 bits per heavy atom. The molecule has 3 aromatic carbocycles. The normalized spacial score (nSPS) is 16.6. The minimum Gasteiger partial charge on any atom is -0.496 e. The Kier molecular flexibility index (Phi) is 7.79.